The van der Waals surface area contributed by atoms with E-state index in [0.717, 1.165) is 76.5 Å². The lowest BCUT2D eigenvalue weighted by atomic mass is 9.92. The topological polar surface area (TPSA) is 51.8 Å². The van der Waals surface area contributed by atoms with Crippen LogP contribution in [0.1, 0.15) is 34.8 Å². The Bertz CT molecular complexity index is 783. The second-order valence-corrected chi connectivity index (χ2v) is 8.05. The Morgan fingerprint density at radius 3 is 2.66 bits per heavy atom. The minimum atomic E-state index is 0.169. The molecule has 2 saturated heterocycles. The highest BCUT2D eigenvalue weighted by Crippen LogP contribution is 2.29. The van der Waals surface area contributed by atoms with Crippen LogP contribution in [-0.4, -0.2) is 80.2 Å². The molecule has 0 spiro atoms. The predicted octanol–water partition coefficient (Wildman–Crippen LogP) is 2.80. The molecule has 156 valence electrons. The molecule has 6 nitrogen and oxygen atoms in total. The number of methoxy groups -OCH3 is 1. The number of para-hydroxylation sites is 1. The highest BCUT2D eigenvalue weighted by atomic mass is 16.5. The molecule has 2 fully saturated rings. The second-order valence-electron chi connectivity index (χ2n) is 8.05. The van der Waals surface area contributed by atoms with E-state index in [0.29, 0.717) is 5.92 Å². The summed E-state index contributed by atoms with van der Waals surface area (Å²) >= 11 is 0. The van der Waals surface area contributed by atoms with Gasteiger partial charge in [0.25, 0.3) is 5.91 Å². The van der Waals surface area contributed by atoms with Gasteiger partial charge < -0.3 is 24.4 Å². The van der Waals surface area contributed by atoms with Crippen LogP contribution < -0.4 is 4.90 Å². The third-order valence-corrected chi connectivity index (χ3v) is 6.22. The molecule has 2 aliphatic heterocycles. The van der Waals surface area contributed by atoms with Crippen LogP contribution in [0, 0.1) is 0 Å². The van der Waals surface area contributed by atoms with Gasteiger partial charge in [0.05, 0.1) is 12.2 Å². The Balaban J connectivity index is 1.39. The minimum Gasteiger partial charge on any atom is -0.383 e. The van der Waals surface area contributed by atoms with E-state index >= 15 is 0 Å². The number of nitrogens with zero attached hydrogens (tertiary/aromatic N) is 3. The van der Waals surface area contributed by atoms with E-state index in [1.807, 2.05) is 23.2 Å². The number of amides is 1. The predicted molar refractivity (Wildman–Crippen MR) is 116 cm³/mol. The van der Waals surface area contributed by atoms with Crippen molar-refractivity contribution in [1.82, 2.24) is 14.8 Å². The lowest BCUT2D eigenvalue weighted by Crippen LogP contribution is -2.49. The van der Waals surface area contributed by atoms with E-state index in [1.54, 1.807) is 7.11 Å². The molecule has 2 aliphatic rings. The molecule has 6 heteroatoms. The molecule has 1 aromatic heterocycles. The number of ether oxygens (including phenoxy) is 1. The Hall–Kier alpha value is -2.31. The number of H-pyrrole nitrogens is 1. The number of anilines is 1. The highest BCUT2D eigenvalue weighted by Gasteiger charge is 2.29. The first-order chi connectivity index (χ1) is 14.3. The molecule has 1 atom stereocenters. The maximum atomic E-state index is 13.3. The van der Waals surface area contributed by atoms with Crippen LogP contribution in [0.2, 0.25) is 0 Å². The average molecular weight is 397 g/mol. The zero-order chi connectivity index (χ0) is 20.1. The molecule has 4 rings (SSSR count). The molecule has 0 radical (unpaired) electrons. The first kappa shape index (κ1) is 20.0. The van der Waals surface area contributed by atoms with Gasteiger partial charge in [-0.2, -0.15) is 0 Å². The third kappa shape index (κ3) is 4.65. The summed E-state index contributed by atoms with van der Waals surface area (Å²) in [5.74, 6) is 0.558. The van der Waals surface area contributed by atoms with Crippen LogP contribution >= 0.6 is 0 Å². The number of hydrogen-bond donors (Lipinski definition) is 1. The number of rotatable bonds is 6. The van der Waals surface area contributed by atoms with Crippen molar-refractivity contribution < 1.29 is 9.53 Å². The first-order valence-corrected chi connectivity index (χ1v) is 10.7. The number of aromatic nitrogens is 1. The van der Waals surface area contributed by atoms with Crippen molar-refractivity contribution >= 4 is 11.6 Å². The number of hydrogen-bond acceptors (Lipinski definition) is 4. The summed E-state index contributed by atoms with van der Waals surface area (Å²) in [6.45, 7) is 7.12. The first-order valence-electron chi connectivity index (χ1n) is 10.7. The number of carbonyl (C=O) groups is 1. The molecular formula is C23H32N4O2. The lowest BCUT2D eigenvalue weighted by molar-refractivity contribution is 0.0743. The fourth-order valence-corrected chi connectivity index (χ4v) is 4.60. The fourth-order valence-electron chi connectivity index (χ4n) is 4.60. The van der Waals surface area contributed by atoms with Crippen LogP contribution in [0.15, 0.2) is 42.6 Å². The average Bonchev–Trinajstić information content (AvgIpc) is 3.28. The summed E-state index contributed by atoms with van der Waals surface area (Å²) in [4.78, 5) is 23.5. The van der Waals surface area contributed by atoms with Gasteiger partial charge in [0.2, 0.25) is 0 Å². The summed E-state index contributed by atoms with van der Waals surface area (Å²) in [6.07, 6.45) is 4.22. The molecule has 0 aliphatic carbocycles. The summed E-state index contributed by atoms with van der Waals surface area (Å²) in [6, 6.07) is 12.4. The third-order valence-electron chi connectivity index (χ3n) is 6.22. The minimum absolute atomic E-state index is 0.169. The zero-order valence-electron chi connectivity index (χ0n) is 17.3. The Kier molecular flexibility index (Phi) is 6.52. The van der Waals surface area contributed by atoms with Gasteiger partial charge in [-0.1, -0.05) is 18.2 Å². The normalized spacial score (nSPS) is 20.8. The van der Waals surface area contributed by atoms with Gasteiger partial charge in [0.15, 0.2) is 0 Å². The molecule has 1 amide bonds. The Morgan fingerprint density at radius 1 is 1.10 bits per heavy atom. The van der Waals surface area contributed by atoms with Gasteiger partial charge in [-0.15, -0.1) is 0 Å². The number of piperidine rings is 1. The van der Waals surface area contributed by atoms with E-state index in [4.69, 9.17) is 4.74 Å². The molecule has 1 N–H and O–H groups in total. The van der Waals surface area contributed by atoms with Crippen LogP contribution in [0.4, 0.5) is 5.69 Å². The van der Waals surface area contributed by atoms with Crippen molar-refractivity contribution in [2.24, 2.45) is 0 Å². The van der Waals surface area contributed by atoms with Gasteiger partial charge in [-0.3, -0.25) is 4.79 Å². The second kappa shape index (κ2) is 9.46. The van der Waals surface area contributed by atoms with Crippen LogP contribution in [0.25, 0.3) is 0 Å². The number of carbonyl (C=O) groups excluding carboxylic acids is 1. The Morgan fingerprint density at radius 2 is 1.90 bits per heavy atom. The summed E-state index contributed by atoms with van der Waals surface area (Å²) in [5.41, 5.74) is 3.21. The molecule has 0 bridgehead atoms. The van der Waals surface area contributed by atoms with E-state index in [9.17, 15) is 4.79 Å². The monoisotopic (exact) mass is 396 g/mol. The van der Waals surface area contributed by atoms with Crippen LogP contribution in [0.3, 0.4) is 0 Å². The lowest BCUT2D eigenvalue weighted by Gasteiger charge is -2.37. The van der Waals surface area contributed by atoms with Crippen LogP contribution in [0.5, 0.6) is 0 Å². The summed E-state index contributed by atoms with van der Waals surface area (Å²) in [5, 5.41) is 0. The largest absolute Gasteiger partial charge is 0.383 e. The van der Waals surface area contributed by atoms with E-state index in [-0.39, 0.29) is 5.91 Å². The molecule has 2 aromatic rings. The van der Waals surface area contributed by atoms with Crippen molar-refractivity contribution in [2.75, 3.05) is 64.4 Å². The summed E-state index contributed by atoms with van der Waals surface area (Å²) in [7, 11) is 1.75. The SMILES string of the molecule is COCCN1CCCC(c2[nH]ccc2C(=O)N2CCN(c3ccccc3)CC2)C1. The molecule has 1 aromatic carbocycles. The standard InChI is InChI=1S/C23H32N4O2/c1-29-17-16-25-11-5-6-19(18-25)22-21(9-10-24-22)23(28)27-14-12-26(13-15-27)20-7-3-2-4-8-20/h2-4,7-10,19,24H,5-6,11-18H2,1H3. The highest BCUT2D eigenvalue weighted by molar-refractivity contribution is 5.95. The van der Waals surface area contributed by atoms with Gasteiger partial charge in [-0.25, -0.2) is 0 Å². The fraction of sp³-hybridized carbons (Fsp3) is 0.522. The quantitative estimate of drug-likeness (QED) is 0.816. The molecular weight excluding hydrogens is 364 g/mol. The number of nitrogens with one attached hydrogen (secondary N) is 1. The maximum absolute atomic E-state index is 13.3. The smallest absolute Gasteiger partial charge is 0.255 e. The summed E-state index contributed by atoms with van der Waals surface area (Å²) < 4.78 is 5.24. The van der Waals surface area contributed by atoms with Crippen molar-refractivity contribution in [3.05, 3.63) is 53.9 Å². The Labute approximate surface area is 173 Å². The van der Waals surface area contributed by atoms with Gasteiger partial charge in [0, 0.05) is 69.9 Å². The van der Waals surface area contributed by atoms with Crippen molar-refractivity contribution in [3.63, 3.8) is 0 Å². The van der Waals surface area contributed by atoms with Crippen molar-refractivity contribution in [1.29, 1.82) is 0 Å². The number of likely N-dealkylation sites (tertiary alicyclic amines) is 1. The van der Waals surface area contributed by atoms with Crippen molar-refractivity contribution in [3.8, 4) is 0 Å². The molecule has 29 heavy (non-hydrogen) atoms. The van der Waals surface area contributed by atoms with Gasteiger partial charge in [-0.05, 0) is 37.6 Å². The van der Waals surface area contributed by atoms with E-state index in [1.165, 1.54) is 5.69 Å². The zero-order valence-corrected chi connectivity index (χ0v) is 17.3. The van der Waals surface area contributed by atoms with Gasteiger partial charge in [0.1, 0.15) is 0 Å². The van der Waals surface area contributed by atoms with Crippen molar-refractivity contribution in [2.45, 2.75) is 18.8 Å². The number of aromatic amines is 1. The molecule has 0 saturated carbocycles. The van der Waals surface area contributed by atoms with Crippen LogP contribution in [-0.2, 0) is 4.74 Å². The number of benzene rings is 1. The molecule has 3 heterocycles. The van der Waals surface area contributed by atoms with Gasteiger partial charge >= 0.3 is 0 Å². The maximum Gasteiger partial charge on any atom is 0.255 e. The van der Waals surface area contributed by atoms with E-state index < -0.39 is 0 Å². The molecule has 1 unspecified atom stereocenters. The number of piperazine rings is 1. The van der Waals surface area contributed by atoms with E-state index in [2.05, 4.69) is 39.0 Å².